The summed E-state index contributed by atoms with van der Waals surface area (Å²) in [5.74, 6) is 1.30. The Hall–Kier alpha value is -2.24. The van der Waals surface area contributed by atoms with Crippen molar-refractivity contribution in [3.63, 3.8) is 0 Å². The molecular formula is C18H24N2O4. The van der Waals surface area contributed by atoms with Crippen molar-refractivity contribution >= 4 is 23.0 Å². The number of furan rings is 1. The maximum Gasteiger partial charge on any atom is 0.354 e. The first-order valence-electron chi connectivity index (χ1n) is 8.34. The molecule has 0 radical (unpaired) electrons. The topological polar surface area (TPSA) is 64.7 Å². The Morgan fingerprint density at radius 2 is 1.92 bits per heavy atom. The number of carbonyl (C=O) groups excluding carboxylic acids is 2. The summed E-state index contributed by atoms with van der Waals surface area (Å²) in [7, 11) is 1.34. The Balaban J connectivity index is 1.90. The minimum atomic E-state index is -0.466. The van der Waals surface area contributed by atoms with E-state index in [4.69, 9.17) is 9.15 Å². The zero-order valence-electron chi connectivity index (χ0n) is 14.7. The number of carbonyl (C=O) groups is 2. The fourth-order valence-corrected chi connectivity index (χ4v) is 3.71. The van der Waals surface area contributed by atoms with Crippen molar-refractivity contribution in [2.75, 3.05) is 20.2 Å². The summed E-state index contributed by atoms with van der Waals surface area (Å²) in [6, 6.07) is 3.49. The van der Waals surface area contributed by atoms with Gasteiger partial charge in [0.15, 0.2) is 5.58 Å². The van der Waals surface area contributed by atoms with Gasteiger partial charge in [0.1, 0.15) is 18.0 Å². The van der Waals surface area contributed by atoms with Crippen LogP contribution in [0.15, 0.2) is 16.5 Å². The van der Waals surface area contributed by atoms with Gasteiger partial charge in [0.2, 0.25) is 5.91 Å². The van der Waals surface area contributed by atoms with Gasteiger partial charge in [0.05, 0.1) is 12.6 Å². The van der Waals surface area contributed by atoms with Gasteiger partial charge >= 0.3 is 5.97 Å². The van der Waals surface area contributed by atoms with Crippen molar-refractivity contribution in [1.29, 1.82) is 0 Å². The van der Waals surface area contributed by atoms with Gasteiger partial charge in [-0.25, -0.2) is 4.79 Å². The van der Waals surface area contributed by atoms with E-state index in [1.807, 2.05) is 17.9 Å². The van der Waals surface area contributed by atoms with Crippen LogP contribution in [0, 0.1) is 18.8 Å². The summed E-state index contributed by atoms with van der Waals surface area (Å²) in [6.07, 6.45) is 1.14. The third-order valence-corrected chi connectivity index (χ3v) is 4.62. The number of hydrogen-bond donors (Lipinski definition) is 0. The first kappa shape index (κ1) is 16.6. The van der Waals surface area contributed by atoms with Gasteiger partial charge in [-0.15, -0.1) is 0 Å². The summed E-state index contributed by atoms with van der Waals surface area (Å²) in [6.45, 7) is 7.84. The van der Waals surface area contributed by atoms with Gasteiger partial charge in [-0.05, 0) is 25.2 Å². The monoisotopic (exact) mass is 332 g/mol. The van der Waals surface area contributed by atoms with Crippen LogP contribution in [0.25, 0.3) is 11.1 Å². The molecule has 1 amide bonds. The number of methoxy groups -OCH3 is 1. The van der Waals surface area contributed by atoms with Crippen molar-refractivity contribution in [1.82, 2.24) is 9.47 Å². The van der Waals surface area contributed by atoms with E-state index in [1.165, 1.54) is 7.11 Å². The van der Waals surface area contributed by atoms with Crippen LogP contribution in [0.1, 0.15) is 36.5 Å². The predicted octanol–water partition coefficient (Wildman–Crippen LogP) is 2.83. The molecule has 6 heteroatoms. The molecule has 130 valence electrons. The fraction of sp³-hybridized carbons (Fsp3) is 0.556. The third-order valence-electron chi connectivity index (χ3n) is 4.62. The van der Waals surface area contributed by atoms with Crippen LogP contribution >= 0.6 is 0 Å². The first-order valence-corrected chi connectivity index (χ1v) is 8.34. The Labute approximate surface area is 141 Å². The molecule has 6 nitrogen and oxygen atoms in total. The molecule has 0 saturated carbocycles. The molecule has 1 aliphatic heterocycles. The Morgan fingerprint density at radius 1 is 1.25 bits per heavy atom. The van der Waals surface area contributed by atoms with Crippen LogP contribution in [-0.4, -0.2) is 41.5 Å². The standard InChI is InChI=1S/C18H24N2O4/c1-11-5-12(2)9-19(8-11)17(21)10-20-14-6-13(3)24-16(14)7-15(20)18(22)23-4/h6-7,11-12H,5,8-10H2,1-4H3. The van der Waals surface area contributed by atoms with Crippen LogP contribution in [0.2, 0.25) is 0 Å². The number of rotatable bonds is 3. The van der Waals surface area contributed by atoms with Crippen molar-refractivity contribution in [3.8, 4) is 0 Å². The molecule has 1 aliphatic rings. The van der Waals surface area contributed by atoms with Crippen molar-refractivity contribution in [3.05, 3.63) is 23.6 Å². The highest BCUT2D eigenvalue weighted by molar-refractivity contribution is 5.95. The molecule has 0 aromatic carbocycles. The Morgan fingerprint density at radius 3 is 2.54 bits per heavy atom. The van der Waals surface area contributed by atoms with Crippen molar-refractivity contribution in [2.24, 2.45) is 11.8 Å². The van der Waals surface area contributed by atoms with E-state index in [-0.39, 0.29) is 12.5 Å². The highest BCUT2D eigenvalue weighted by Gasteiger charge is 2.27. The lowest BCUT2D eigenvalue weighted by molar-refractivity contribution is -0.134. The summed E-state index contributed by atoms with van der Waals surface area (Å²) < 4.78 is 12.1. The van der Waals surface area contributed by atoms with Crippen molar-refractivity contribution in [2.45, 2.75) is 33.7 Å². The van der Waals surface area contributed by atoms with Crippen LogP contribution in [0.5, 0.6) is 0 Å². The highest BCUT2D eigenvalue weighted by atomic mass is 16.5. The normalized spacial score (nSPS) is 21.2. The van der Waals surface area contributed by atoms with E-state index >= 15 is 0 Å². The number of hydrogen-bond acceptors (Lipinski definition) is 4. The van der Waals surface area contributed by atoms with E-state index in [9.17, 15) is 9.59 Å². The molecule has 1 fully saturated rings. The van der Waals surface area contributed by atoms with Crippen LogP contribution in [0.4, 0.5) is 0 Å². The molecule has 3 rings (SSSR count). The lowest BCUT2D eigenvalue weighted by Gasteiger charge is -2.35. The van der Waals surface area contributed by atoms with Crippen molar-refractivity contribution < 1.29 is 18.7 Å². The second-order valence-electron chi connectivity index (χ2n) is 6.96. The highest BCUT2D eigenvalue weighted by Crippen LogP contribution is 2.26. The average molecular weight is 332 g/mol. The summed E-state index contributed by atoms with van der Waals surface area (Å²) in [4.78, 5) is 26.7. The van der Waals surface area contributed by atoms with Gasteiger partial charge in [0, 0.05) is 25.2 Å². The lowest BCUT2D eigenvalue weighted by Crippen LogP contribution is -2.44. The molecular weight excluding hydrogens is 308 g/mol. The van der Waals surface area contributed by atoms with Gasteiger partial charge in [0.25, 0.3) is 0 Å². The Kier molecular flexibility index (Phi) is 4.39. The molecule has 2 unspecified atom stereocenters. The molecule has 0 spiro atoms. The number of likely N-dealkylation sites (tertiary alicyclic amines) is 1. The number of aromatic nitrogens is 1. The second-order valence-corrected chi connectivity index (χ2v) is 6.96. The number of piperidine rings is 1. The van der Waals surface area contributed by atoms with Gasteiger partial charge in [-0.3, -0.25) is 4.79 Å². The first-order chi connectivity index (χ1) is 11.4. The molecule has 0 bridgehead atoms. The minimum Gasteiger partial charge on any atom is -0.464 e. The van der Waals surface area contributed by atoms with Crippen LogP contribution < -0.4 is 0 Å². The number of nitrogens with zero attached hydrogens (tertiary/aromatic N) is 2. The number of esters is 1. The zero-order chi connectivity index (χ0) is 17.4. The second kappa shape index (κ2) is 6.34. The quantitative estimate of drug-likeness (QED) is 0.811. The van der Waals surface area contributed by atoms with Gasteiger partial charge in [-0.1, -0.05) is 13.8 Å². The van der Waals surface area contributed by atoms with E-state index in [0.717, 1.165) is 30.8 Å². The molecule has 24 heavy (non-hydrogen) atoms. The number of aryl methyl sites for hydroxylation is 1. The van der Waals surface area contributed by atoms with Crippen LogP contribution in [-0.2, 0) is 16.1 Å². The average Bonchev–Trinajstić information content (AvgIpc) is 3.03. The summed E-state index contributed by atoms with van der Waals surface area (Å²) >= 11 is 0. The molecule has 0 aliphatic carbocycles. The minimum absolute atomic E-state index is 0.0231. The van der Waals surface area contributed by atoms with E-state index < -0.39 is 5.97 Å². The molecule has 3 heterocycles. The maximum atomic E-state index is 12.8. The number of amides is 1. The SMILES string of the molecule is COC(=O)c1cc2oc(C)cc2n1CC(=O)N1CC(C)CC(C)C1. The molecule has 2 atom stereocenters. The summed E-state index contributed by atoms with van der Waals surface area (Å²) in [5, 5.41) is 0. The third kappa shape index (κ3) is 3.05. The number of fused-ring (bicyclic) bond motifs is 1. The predicted molar refractivity (Wildman–Crippen MR) is 89.8 cm³/mol. The fourth-order valence-electron chi connectivity index (χ4n) is 3.71. The van der Waals surface area contributed by atoms with E-state index in [2.05, 4.69) is 13.8 Å². The summed E-state index contributed by atoms with van der Waals surface area (Å²) in [5.41, 5.74) is 1.69. The van der Waals surface area contributed by atoms with E-state index in [1.54, 1.807) is 10.6 Å². The van der Waals surface area contributed by atoms with E-state index in [0.29, 0.717) is 23.1 Å². The molecule has 2 aromatic heterocycles. The van der Waals surface area contributed by atoms with Crippen LogP contribution in [0.3, 0.4) is 0 Å². The largest absolute Gasteiger partial charge is 0.464 e. The van der Waals surface area contributed by atoms with Gasteiger partial charge in [-0.2, -0.15) is 0 Å². The molecule has 2 aromatic rings. The van der Waals surface area contributed by atoms with Gasteiger partial charge < -0.3 is 18.6 Å². The smallest absolute Gasteiger partial charge is 0.354 e. The Bertz CT molecular complexity index is 763. The zero-order valence-corrected chi connectivity index (χ0v) is 14.7. The lowest BCUT2D eigenvalue weighted by atomic mass is 9.92. The molecule has 0 N–H and O–H groups in total. The number of ether oxygens (including phenoxy) is 1. The molecule has 1 saturated heterocycles. The maximum absolute atomic E-state index is 12.8.